The van der Waals surface area contributed by atoms with Crippen LogP contribution in [-0.4, -0.2) is 55.0 Å². The van der Waals surface area contributed by atoms with Gasteiger partial charge in [0.05, 0.1) is 11.8 Å². The SMILES string of the molecule is NC(=O)C(c1ccccc1)(c1ccccc1)C1CCN(CCCCCCCCCNCC(O)c2ccc(OCc3ccccc3)c(NC=O)c2)C1. The molecule has 2 atom stereocenters. The van der Waals surface area contributed by atoms with E-state index in [1.165, 1.54) is 25.7 Å². The molecule has 2 unspecified atom stereocenters. The van der Waals surface area contributed by atoms with Crippen molar-refractivity contribution in [1.29, 1.82) is 0 Å². The van der Waals surface area contributed by atoms with E-state index < -0.39 is 11.5 Å². The Balaban J connectivity index is 0.954. The molecule has 4 aromatic rings. The van der Waals surface area contributed by atoms with Gasteiger partial charge in [0.1, 0.15) is 17.8 Å². The van der Waals surface area contributed by atoms with Crippen LogP contribution in [0.25, 0.3) is 0 Å². The van der Waals surface area contributed by atoms with Crippen LogP contribution >= 0.6 is 0 Å². The smallest absolute Gasteiger partial charge is 0.232 e. The number of carbonyl (C=O) groups excluding carboxylic acids is 2. The van der Waals surface area contributed by atoms with E-state index in [1.54, 1.807) is 12.1 Å². The lowest BCUT2D eigenvalue weighted by atomic mass is 9.64. The second-order valence-corrected chi connectivity index (χ2v) is 13.7. The number of nitrogens with one attached hydrogen (secondary N) is 2. The number of nitrogens with zero attached hydrogens (tertiary/aromatic N) is 1. The lowest BCUT2D eigenvalue weighted by Crippen LogP contribution is -2.49. The molecule has 1 fully saturated rings. The summed E-state index contributed by atoms with van der Waals surface area (Å²) in [7, 11) is 0. The summed E-state index contributed by atoms with van der Waals surface area (Å²) >= 11 is 0. The van der Waals surface area contributed by atoms with Gasteiger partial charge in [0.15, 0.2) is 0 Å². The zero-order valence-electron chi connectivity index (χ0n) is 29.7. The minimum Gasteiger partial charge on any atom is -0.487 e. The molecule has 0 saturated carbocycles. The molecule has 1 aliphatic heterocycles. The molecule has 5 N–H and O–H groups in total. The Kier molecular flexibility index (Phi) is 14.6. The van der Waals surface area contributed by atoms with Crippen molar-refractivity contribution in [3.05, 3.63) is 131 Å². The minimum absolute atomic E-state index is 0.136. The summed E-state index contributed by atoms with van der Waals surface area (Å²) in [6, 6.07) is 35.4. The third-order valence-corrected chi connectivity index (χ3v) is 10.2. The monoisotopic (exact) mass is 690 g/mol. The fourth-order valence-corrected chi connectivity index (χ4v) is 7.53. The summed E-state index contributed by atoms with van der Waals surface area (Å²) in [4.78, 5) is 27.0. The van der Waals surface area contributed by atoms with Crippen LogP contribution in [0.5, 0.6) is 5.75 Å². The van der Waals surface area contributed by atoms with E-state index in [2.05, 4.69) is 39.8 Å². The highest BCUT2D eigenvalue weighted by Gasteiger charge is 2.49. The van der Waals surface area contributed by atoms with Crippen LogP contribution in [0.3, 0.4) is 0 Å². The highest BCUT2D eigenvalue weighted by Crippen LogP contribution is 2.43. The standard InChI is InChI=1S/C43H54N4O4/c44-42(50)43(36-19-11-7-12-20-36,37-21-13-8-14-22-37)38-25-28-47(31-38)27-16-5-3-1-2-4-15-26-45-30-40(49)35-23-24-41(39(29-35)46-33-48)51-32-34-17-9-6-10-18-34/h6-14,17-24,29,33,38,40,45,49H,1-5,15-16,25-28,30-32H2,(H2,44,50)(H,46,48). The Bertz CT molecular complexity index is 1580. The van der Waals surface area contributed by atoms with Gasteiger partial charge in [-0.3, -0.25) is 9.59 Å². The first-order valence-corrected chi connectivity index (χ1v) is 18.5. The van der Waals surface area contributed by atoms with E-state index in [4.69, 9.17) is 10.5 Å². The maximum Gasteiger partial charge on any atom is 0.232 e. The fourth-order valence-electron chi connectivity index (χ4n) is 7.53. The zero-order valence-corrected chi connectivity index (χ0v) is 29.7. The van der Waals surface area contributed by atoms with Crippen LogP contribution in [0.2, 0.25) is 0 Å². The number of hydrogen-bond donors (Lipinski definition) is 4. The first-order chi connectivity index (χ1) is 25.0. The van der Waals surface area contributed by atoms with Gasteiger partial charge in [0.2, 0.25) is 12.3 Å². The topological polar surface area (TPSA) is 117 Å². The van der Waals surface area contributed by atoms with Gasteiger partial charge in [-0.2, -0.15) is 0 Å². The summed E-state index contributed by atoms with van der Waals surface area (Å²) in [5.41, 5.74) is 9.70. The number of amides is 2. The lowest BCUT2D eigenvalue weighted by Gasteiger charge is -2.37. The van der Waals surface area contributed by atoms with Crippen molar-refractivity contribution < 1.29 is 19.4 Å². The Morgan fingerprint density at radius 3 is 2.10 bits per heavy atom. The number of nitrogens with two attached hydrogens (primary N) is 1. The van der Waals surface area contributed by atoms with E-state index in [9.17, 15) is 14.7 Å². The minimum atomic E-state index is -0.827. The van der Waals surface area contributed by atoms with E-state index >= 15 is 0 Å². The number of carbonyl (C=O) groups is 2. The molecule has 1 aliphatic rings. The van der Waals surface area contributed by atoms with Crippen molar-refractivity contribution in [3.8, 4) is 5.75 Å². The number of primary amides is 1. The van der Waals surface area contributed by atoms with Gasteiger partial charge in [-0.25, -0.2) is 0 Å². The maximum atomic E-state index is 13.3. The molecule has 0 aliphatic carbocycles. The maximum absolute atomic E-state index is 13.3. The van der Waals surface area contributed by atoms with Gasteiger partial charge in [-0.1, -0.05) is 129 Å². The first kappa shape index (κ1) is 37.7. The third kappa shape index (κ3) is 10.3. The molecule has 0 radical (unpaired) electrons. The van der Waals surface area contributed by atoms with Crippen molar-refractivity contribution in [2.75, 3.05) is 38.0 Å². The average molecular weight is 691 g/mol. The molecular formula is C43H54N4O4. The average Bonchev–Trinajstić information content (AvgIpc) is 3.63. The summed E-state index contributed by atoms with van der Waals surface area (Å²) < 4.78 is 5.92. The molecule has 2 amide bonds. The van der Waals surface area contributed by atoms with Crippen molar-refractivity contribution in [1.82, 2.24) is 10.2 Å². The number of aliphatic hydroxyl groups is 1. The largest absolute Gasteiger partial charge is 0.487 e. The Labute approximate surface area is 303 Å². The summed E-state index contributed by atoms with van der Waals surface area (Å²) in [6.07, 6.45) is 9.14. The van der Waals surface area contributed by atoms with Gasteiger partial charge in [-0.05, 0) is 79.2 Å². The molecular weight excluding hydrogens is 636 g/mol. The Morgan fingerprint density at radius 1 is 0.863 bits per heavy atom. The summed E-state index contributed by atoms with van der Waals surface area (Å²) in [6.45, 7) is 4.61. The second-order valence-electron chi connectivity index (χ2n) is 13.7. The summed E-state index contributed by atoms with van der Waals surface area (Å²) in [5.74, 6) is 0.432. The molecule has 270 valence electrons. The number of benzene rings is 4. The highest BCUT2D eigenvalue weighted by molar-refractivity contribution is 5.91. The van der Waals surface area contributed by atoms with Crippen LogP contribution in [0.4, 0.5) is 5.69 Å². The molecule has 5 rings (SSSR count). The predicted octanol–water partition coefficient (Wildman–Crippen LogP) is 6.98. The predicted molar refractivity (Wildman–Crippen MR) is 204 cm³/mol. The van der Waals surface area contributed by atoms with Crippen molar-refractivity contribution in [2.45, 2.75) is 69.5 Å². The molecule has 51 heavy (non-hydrogen) atoms. The van der Waals surface area contributed by atoms with E-state index in [0.717, 1.165) is 74.1 Å². The summed E-state index contributed by atoms with van der Waals surface area (Å²) in [5, 5.41) is 16.8. The number of unbranched alkanes of at least 4 members (excludes halogenated alkanes) is 6. The van der Waals surface area contributed by atoms with Crippen molar-refractivity contribution in [2.24, 2.45) is 11.7 Å². The molecule has 1 heterocycles. The third-order valence-electron chi connectivity index (χ3n) is 10.2. The van der Waals surface area contributed by atoms with Crippen molar-refractivity contribution in [3.63, 3.8) is 0 Å². The highest BCUT2D eigenvalue weighted by atomic mass is 16.5. The quantitative estimate of drug-likeness (QED) is 0.0523. The molecule has 4 aromatic carbocycles. The van der Waals surface area contributed by atoms with Gasteiger partial charge in [-0.15, -0.1) is 0 Å². The van der Waals surface area contributed by atoms with Crippen LogP contribution in [0.1, 0.15) is 79.7 Å². The van der Waals surface area contributed by atoms with E-state index in [-0.39, 0.29) is 11.8 Å². The van der Waals surface area contributed by atoms with Gasteiger partial charge in [0.25, 0.3) is 0 Å². The number of aliphatic hydroxyl groups excluding tert-OH is 1. The van der Waals surface area contributed by atoms with Crippen LogP contribution in [0.15, 0.2) is 109 Å². The van der Waals surface area contributed by atoms with Crippen LogP contribution in [0, 0.1) is 5.92 Å². The zero-order chi connectivity index (χ0) is 35.7. The second kappa shape index (κ2) is 19.8. The van der Waals surface area contributed by atoms with Crippen LogP contribution in [-0.2, 0) is 21.6 Å². The van der Waals surface area contributed by atoms with Gasteiger partial charge >= 0.3 is 0 Å². The molecule has 1 saturated heterocycles. The first-order valence-electron chi connectivity index (χ1n) is 18.5. The van der Waals surface area contributed by atoms with E-state index in [1.807, 2.05) is 72.8 Å². The normalized spacial score (nSPS) is 15.4. The number of rotatable bonds is 22. The molecule has 8 heteroatoms. The van der Waals surface area contributed by atoms with Crippen molar-refractivity contribution >= 4 is 18.0 Å². The molecule has 8 nitrogen and oxygen atoms in total. The van der Waals surface area contributed by atoms with Gasteiger partial charge in [0, 0.05) is 13.1 Å². The Morgan fingerprint density at radius 2 is 1.47 bits per heavy atom. The number of likely N-dealkylation sites (tertiary alicyclic amines) is 1. The molecule has 0 spiro atoms. The molecule has 0 bridgehead atoms. The number of anilines is 1. The van der Waals surface area contributed by atoms with E-state index in [0.29, 0.717) is 31.0 Å². The lowest BCUT2D eigenvalue weighted by molar-refractivity contribution is -0.123. The van der Waals surface area contributed by atoms with Crippen LogP contribution < -0.4 is 21.1 Å². The Hall–Kier alpha value is -4.50. The van der Waals surface area contributed by atoms with Gasteiger partial charge < -0.3 is 31.1 Å². The number of hydrogen-bond acceptors (Lipinski definition) is 6. The number of ether oxygens (including phenoxy) is 1. The fraction of sp³-hybridized carbons (Fsp3) is 0.395. The molecule has 0 aromatic heterocycles.